The van der Waals surface area contributed by atoms with Gasteiger partial charge in [0.2, 0.25) is 10.4 Å². The zero-order valence-electron chi connectivity index (χ0n) is 10.3. The zero-order valence-corrected chi connectivity index (χ0v) is 13.1. The molecular formula is C8H9N4NaO5S. The number of carbonyl (C=O) groups excluding carboxylic acids is 1. The quantitative estimate of drug-likeness (QED) is 0.314. The first-order valence-corrected chi connectivity index (χ1v) is 6.44. The van der Waals surface area contributed by atoms with Crippen molar-refractivity contribution < 1.29 is 51.6 Å². The third-order valence-corrected chi connectivity index (χ3v) is 3.44. The first-order valence-electron chi connectivity index (χ1n) is 5.11. The molecule has 2 aliphatic heterocycles. The number of aryl methyl sites for hydroxylation is 1. The van der Waals surface area contributed by atoms with Crippen LogP contribution in [-0.4, -0.2) is 45.3 Å². The number of rotatable bonds is 2. The molecule has 1 aromatic rings. The molecule has 0 radical (unpaired) electrons. The molecule has 2 aliphatic rings. The van der Waals surface area contributed by atoms with Gasteiger partial charge >= 0.3 is 35.6 Å². The van der Waals surface area contributed by atoms with E-state index in [1.165, 1.54) is 4.90 Å². The van der Waals surface area contributed by atoms with E-state index in [0.29, 0.717) is 17.2 Å². The van der Waals surface area contributed by atoms with E-state index in [-0.39, 0.29) is 36.1 Å². The normalized spacial score (nSPS) is 21.4. The van der Waals surface area contributed by atoms with E-state index in [0.717, 1.165) is 5.69 Å². The average Bonchev–Trinajstić information content (AvgIpc) is 2.74. The second-order valence-electron chi connectivity index (χ2n) is 4.16. The van der Waals surface area contributed by atoms with E-state index >= 15 is 0 Å². The predicted octanol–water partition coefficient (Wildman–Crippen LogP) is -3.89. The fraction of sp³-hybridized carbons (Fsp3) is 0.500. The van der Waals surface area contributed by atoms with E-state index in [2.05, 4.69) is 9.38 Å². The second-order valence-corrected chi connectivity index (χ2v) is 5.12. The predicted molar refractivity (Wildman–Crippen MR) is 54.4 cm³/mol. The SMILES string of the molecule is Cn1ncc2c1CN1CC2N(OS(=O)(=O)[O-])C1=O.[Na+]. The van der Waals surface area contributed by atoms with Crippen LogP contribution in [-0.2, 0) is 28.3 Å². The van der Waals surface area contributed by atoms with Gasteiger partial charge < -0.3 is 9.45 Å². The summed E-state index contributed by atoms with van der Waals surface area (Å²) in [5.74, 6) is 0. The third-order valence-electron chi connectivity index (χ3n) is 3.10. The molecule has 1 unspecified atom stereocenters. The molecular weight excluding hydrogens is 287 g/mol. The average molecular weight is 296 g/mol. The van der Waals surface area contributed by atoms with Crippen LogP contribution in [0.1, 0.15) is 17.3 Å². The van der Waals surface area contributed by atoms with Gasteiger partial charge in [-0.05, 0) is 0 Å². The Labute approximate surface area is 131 Å². The van der Waals surface area contributed by atoms with Crippen LogP contribution in [0.3, 0.4) is 0 Å². The van der Waals surface area contributed by atoms with Gasteiger partial charge in [-0.25, -0.2) is 13.2 Å². The van der Waals surface area contributed by atoms with Gasteiger partial charge in [-0.2, -0.15) is 14.4 Å². The summed E-state index contributed by atoms with van der Waals surface area (Å²) in [5, 5.41) is 4.65. The topological polar surface area (TPSA) is 108 Å². The summed E-state index contributed by atoms with van der Waals surface area (Å²) in [7, 11) is -3.25. The summed E-state index contributed by atoms with van der Waals surface area (Å²) >= 11 is 0. The molecule has 98 valence electrons. The standard InChI is InChI=1S/C8H10N4O5S.Na/c1-10-6-3-11-4-7(5(6)2-9-10)12(8(11)13)17-18(14,15)16;/h2,7H,3-4H2,1H3,(H,14,15,16);/q;+1/p-1. The van der Waals surface area contributed by atoms with Gasteiger partial charge in [0.15, 0.2) is 0 Å². The number of urea groups is 1. The summed E-state index contributed by atoms with van der Waals surface area (Å²) in [6.07, 6.45) is 1.55. The molecule has 11 heteroatoms. The molecule has 0 saturated carbocycles. The molecule has 0 aliphatic carbocycles. The maximum Gasteiger partial charge on any atom is 1.00 e. The van der Waals surface area contributed by atoms with Crippen molar-refractivity contribution >= 4 is 16.4 Å². The molecule has 19 heavy (non-hydrogen) atoms. The van der Waals surface area contributed by atoms with Crippen molar-refractivity contribution in [3.05, 3.63) is 17.5 Å². The largest absolute Gasteiger partial charge is 1.00 e. The Bertz CT molecular complexity index is 629. The molecule has 1 saturated heterocycles. The Morgan fingerprint density at radius 1 is 1.53 bits per heavy atom. The van der Waals surface area contributed by atoms with E-state index in [9.17, 15) is 17.8 Å². The summed E-state index contributed by atoms with van der Waals surface area (Å²) in [6, 6.07) is -1.24. The number of carbonyl (C=O) groups is 1. The first-order chi connectivity index (χ1) is 8.37. The maximum atomic E-state index is 11.8. The van der Waals surface area contributed by atoms with Crippen molar-refractivity contribution in [2.24, 2.45) is 7.05 Å². The second kappa shape index (κ2) is 4.72. The van der Waals surface area contributed by atoms with Gasteiger partial charge in [-0.3, -0.25) is 4.68 Å². The van der Waals surface area contributed by atoms with Crippen molar-refractivity contribution in [1.29, 1.82) is 0 Å². The zero-order chi connectivity index (χ0) is 13.1. The van der Waals surface area contributed by atoms with Crippen molar-refractivity contribution in [2.75, 3.05) is 6.54 Å². The number of nitrogens with zero attached hydrogens (tertiary/aromatic N) is 4. The van der Waals surface area contributed by atoms with Gasteiger partial charge in [0, 0.05) is 12.6 Å². The van der Waals surface area contributed by atoms with Crippen molar-refractivity contribution in [2.45, 2.75) is 12.6 Å². The van der Waals surface area contributed by atoms with Crippen LogP contribution in [0.15, 0.2) is 6.20 Å². The molecule has 2 amide bonds. The molecule has 0 aromatic carbocycles. The minimum absolute atomic E-state index is 0. The van der Waals surface area contributed by atoms with Crippen LogP contribution in [0.2, 0.25) is 0 Å². The van der Waals surface area contributed by atoms with Gasteiger partial charge in [-0.15, -0.1) is 0 Å². The monoisotopic (exact) mass is 296 g/mol. The number of aromatic nitrogens is 2. The van der Waals surface area contributed by atoms with E-state index in [1.54, 1.807) is 17.9 Å². The van der Waals surface area contributed by atoms with Crippen LogP contribution in [0.4, 0.5) is 4.79 Å². The number of hydrogen-bond donors (Lipinski definition) is 0. The number of fused-ring (bicyclic) bond motifs is 4. The molecule has 2 bridgehead atoms. The first kappa shape index (κ1) is 14.8. The van der Waals surface area contributed by atoms with Gasteiger partial charge in [0.05, 0.1) is 25.0 Å². The molecule has 1 fully saturated rings. The van der Waals surface area contributed by atoms with Crippen LogP contribution in [0.25, 0.3) is 0 Å². The molecule has 3 rings (SSSR count). The number of amides is 2. The van der Waals surface area contributed by atoms with Crippen molar-refractivity contribution in [1.82, 2.24) is 19.7 Å². The summed E-state index contributed by atoms with van der Waals surface area (Å²) in [5.41, 5.74) is 1.50. The maximum absolute atomic E-state index is 11.8. The Balaban J connectivity index is 0.00000133. The Morgan fingerprint density at radius 3 is 2.84 bits per heavy atom. The van der Waals surface area contributed by atoms with Crippen LogP contribution in [0, 0.1) is 0 Å². The van der Waals surface area contributed by atoms with E-state index in [4.69, 9.17) is 0 Å². The minimum Gasteiger partial charge on any atom is -0.724 e. The molecule has 3 heterocycles. The molecule has 0 spiro atoms. The molecule has 1 aromatic heterocycles. The molecule has 9 nitrogen and oxygen atoms in total. The number of hydrogen-bond acceptors (Lipinski definition) is 6. The fourth-order valence-electron chi connectivity index (χ4n) is 2.31. The minimum atomic E-state index is -4.97. The van der Waals surface area contributed by atoms with Gasteiger partial charge in [0.1, 0.15) is 6.04 Å². The molecule has 1 atom stereocenters. The number of hydroxylamine groups is 2. The fourth-order valence-corrected chi connectivity index (χ4v) is 2.67. The van der Waals surface area contributed by atoms with Gasteiger partial charge in [0.25, 0.3) is 0 Å². The van der Waals surface area contributed by atoms with Crippen LogP contribution in [0.5, 0.6) is 0 Å². The van der Waals surface area contributed by atoms with Crippen molar-refractivity contribution in [3.63, 3.8) is 0 Å². The third kappa shape index (κ3) is 2.39. The van der Waals surface area contributed by atoms with Gasteiger partial charge in [-0.1, -0.05) is 0 Å². The Morgan fingerprint density at radius 2 is 2.21 bits per heavy atom. The van der Waals surface area contributed by atoms with E-state index < -0.39 is 22.5 Å². The van der Waals surface area contributed by atoms with Crippen molar-refractivity contribution in [3.8, 4) is 0 Å². The molecule has 0 N–H and O–H groups in total. The Kier molecular flexibility index (Phi) is 3.66. The van der Waals surface area contributed by atoms with Crippen LogP contribution < -0.4 is 29.6 Å². The summed E-state index contributed by atoms with van der Waals surface area (Å²) in [4.78, 5) is 13.2. The summed E-state index contributed by atoms with van der Waals surface area (Å²) < 4.78 is 37.7. The van der Waals surface area contributed by atoms with Crippen LogP contribution >= 0.6 is 0 Å². The van der Waals surface area contributed by atoms with E-state index in [1.807, 2.05) is 0 Å². The Hall–Kier alpha value is -0.650. The summed E-state index contributed by atoms with van der Waals surface area (Å²) in [6.45, 7) is 0.604. The smallest absolute Gasteiger partial charge is 0.724 e.